The van der Waals surface area contributed by atoms with Crippen LogP contribution in [-0.2, 0) is 10.2 Å². The average Bonchev–Trinajstić information content (AvgIpc) is 0.722. The Morgan fingerprint density at radius 3 is 1.17 bits per heavy atom. The first kappa shape index (κ1) is 9.98. The second-order valence-electron chi connectivity index (χ2n) is 0.589. The molecule has 0 aliphatic heterocycles. The molecule has 0 fully saturated rings. The van der Waals surface area contributed by atoms with Crippen LogP contribution in [0.2, 0.25) is 0 Å². The van der Waals surface area contributed by atoms with E-state index in [4.69, 9.17) is 0 Å². The van der Waals surface area contributed by atoms with Gasteiger partial charge in [-0.25, -0.2) is 10.3 Å². The van der Waals surface area contributed by atoms with E-state index < -0.39 is 10.2 Å². The first-order valence-electron chi connectivity index (χ1n) is 0.805. The summed E-state index contributed by atoms with van der Waals surface area (Å²) in [6, 6.07) is 0. The van der Waals surface area contributed by atoms with E-state index in [0.717, 1.165) is 0 Å². The largest absolute Gasteiger partial charge is 0.271 e. The van der Waals surface area contributed by atoms with Crippen molar-refractivity contribution in [2.75, 3.05) is 0 Å². The summed E-state index contributed by atoms with van der Waals surface area (Å²) in [5, 5.41) is 8.21. The van der Waals surface area contributed by atoms with Crippen LogP contribution in [0.1, 0.15) is 0 Å². The second-order valence-corrected chi connectivity index (χ2v) is 1.77. The number of rotatable bonds is 0. The van der Waals surface area contributed by atoms with Crippen LogP contribution in [0.3, 0.4) is 0 Å². The van der Waals surface area contributed by atoms with Gasteiger partial charge in [-0.2, -0.15) is 8.42 Å². The molecule has 0 aliphatic rings. The van der Waals surface area contributed by atoms with E-state index in [2.05, 4.69) is 10.3 Å². The van der Waals surface area contributed by atoms with Crippen molar-refractivity contribution < 1.29 is 8.42 Å². The third-order valence-electron chi connectivity index (χ3n) is 0. The number of nitrogens with two attached hydrogens (primary N) is 2. The summed E-state index contributed by atoms with van der Waals surface area (Å²) in [6.45, 7) is 0. The standard InChI is InChI=1S/H4N2O2S.Na/c1-5(2,3)4;/h(H4,1,2,3,4);. The first-order chi connectivity index (χ1) is 2.00. The third kappa shape index (κ3) is 96.4. The number of hydrogen-bond donors (Lipinski definition) is 2. The Kier molecular flexibility index (Phi) is 4.91. The maximum atomic E-state index is 9.19. The van der Waals surface area contributed by atoms with Gasteiger partial charge in [0, 0.05) is 29.6 Å². The van der Waals surface area contributed by atoms with Crippen molar-refractivity contribution in [1.29, 1.82) is 0 Å². The van der Waals surface area contributed by atoms with Gasteiger partial charge < -0.3 is 0 Å². The fourth-order valence-corrected chi connectivity index (χ4v) is 0. The predicted octanol–water partition coefficient (Wildman–Crippen LogP) is -2.23. The molecule has 0 bridgehead atoms. The topological polar surface area (TPSA) is 86.2 Å². The van der Waals surface area contributed by atoms with E-state index in [1.807, 2.05) is 0 Å². The van der Waals surface area contributed by atoms with Gasteiger partial charge in [-0.15, -0.1) is 0 Å². The molecule has 0 aromatic heterocycles. The molecule has 0 aromatic rings. The predicted molar refractivity (Wildman–Crippen MR) is 23.0 cm³/mol. The molecular formula is H4N2NaO2S. The molecule has 0 rings (SSSR count). The monoisotopic (exact) mass is 119 g/mol. The van der Waals surface area contributed by atoms with E-state index in [-0.39, 0.29) is 29.6 Å². The summed E-state index contributed by atoms with van der Waals surface area (Å²) < 4.78 is 18.4. The summed E-state index contributed by atoms with van der Waals surface area (Å²) in [4.78, 5) is 0. The molecule has 4 N–H and O–H groups in total. The fourth-order valence-electron chi connectivity index (χ4n) is 0. The van der Waals surface area contributed by atoms with E-state index >= 15 is 0 Å². The van der Waals surface area contributed by atoms with Gasteiger partial charge >= 0.3 is 0 Å². The van der Waals surface area contributed by atoms with Crippen molar-refractivity contribution in [1.82, 2.24) is 0 Å². The average molecular weight is 119 g/mol. The van der Waals surface area contributed by atoms with Gasteiger partial charge in [-0.1, -0.05) is 0 Å². The first-order valence-corrected chi connectivity index (χ1v) is 2.41. The van der Waals surface area contributed by atoms with Gasteiger partial charge in [0.25, 0.3) is 10.2 Å². The normalized spacial score (nSPS) is 9.67. The second kappa shape index (κ2) is 2.95. The van der Waals surface area contributed by atoms with Crippen LogP contribution in [0.5, 0.6) is 0 Å². The van der Waals surface area contributed by atoms with E-state index in [1.165, 1.54) is 0 Å². The minimum atomic E-state index is -3.67. The maximum Gasteiger partial charge on any atom is 0.271 e. The molecule has 0 amide bonds. The fraction of sp³-hybridized carbons (Fsp3) is 0. The molecule has 6 heavy (non-hydrogen) atoms. The Labute approximate surface area is 58.4 Å². The zero-order chi connectivity index (χ0) is 4.50. The summed E-state index contributed by atoms with van der Waals surface area (Å²) in [7, 11) is -3.67. The minimum Gasteiger partial charge on any atom is -0.216 e. The van der Waals surface area contributed by atoms with Gasteiger partial charge in [-0.05, 0) is 0 Å². The molecule has 0 aromatic carbocycles. The molecule has 0 aliphatic carbocycles. The third-order valence-corrected chi connectivity index (χ3v) is 0. The van der Waals surface area contributed by atoms with Crippen LogP contribution < -0.4 is 10.3 Å². The Morgan fingerprint density at radius 2 is 1.17 bits per heavy atom. The van der Waals surface area contributed by atoms with Crippen molar-refractivity contribution in [2.24, 2.45) is 10.3 Å². The maximum absolute atomic E-state index is 9.19. The molecule has 0 atom stereocenters. The molecule has 4 nitrogen and oxygen atoms in total. The molecule has 6 heteroatoms. The summed E-state index contributed by atoms with van der Waals surface area (Å²) >= 11 is 0. The smallest absolute Gasteiger partial charge is 0.216 e. The van der Waals surface area contributed by atoms with Gasteiger partial charge in [0.1, 0.15) is 0 Å². The van der Waals surface area contributed by atoms with Gasteiger partial charge in [0.05, 0.1) is 0 Å². The van der Waals surface area contributed by atoms with Crippen LogP contribution >= 0.6 is 0 Å². The van der Waals surface area contributed by atoms with Crippen LogP contribution in [0.25, 0.3) is 0 Å². The molecule has 0 saturated heterocycles. The minimum absolute atomic E-state index is 0. The van der Waals surface area contributed by atoms with Gasteiger partial charge in [-0.3, -0.25) is 0 Å². The summed E-state index contributed by atoms with van der Waals surface area (Å²) in [6.07, 6.45) is 0. The van der Waals surface area contributed by atoms with Gasteiger partial charge in [0.15, 0.2) is 0 Å². The Morgan fingerprint density at radius 1 is 1.17 bits per heavy atom. The quantitative estimate of drug-likeness (QED) is 0.353. The zero-order valence-corrected chi connectivity index (χ0v) is 6.20. The van der Waals surface area contributed by atoms with Crippen LogP contribution in [-0.4, -0.2) is 38.0 Å². The summed E-state index contributed by atoms with van der Waals surface area (Å²) in [5.74, 6) is 0. The van der Waals surface area contributed by atoms with Crippen LogP contribution in [0.15, 0.2) is 0 Å². The molecule has 33 valence electrons. The molecule has 0 heterocycles. The van der Waals surface area contributed by atoms with Crippen LogP contribution in [0, 0.1) is 0 Å². The van der Waals surface area contributed by atoms with E-state index in [9.17, 15) is 8.42 Å². The SMILES string of the molecule is NS(N)(=O)=O.[Na]. The number of hydrogen-bond acceptors (Lipinski definition) is 2. The molecule has 0 saturated carbocycles. The van der Waals surface area contributed by atoms with Crippen molar-refractivity contribution in [3.8, 4) is 0 Å². The van der Waals surface area contributed by atoms with E-state index in [1.54, 1.807) is 0 Å². The van der Waals surface area contributed by atoms with E-state index in [0.29, 0.717) is 0 Å². The van der Waals surface area contributed by atoms with Crippen molar-refractivity contribution in [3.05, 3.63) is 0 Å². The Bertz CT molecular complexity index is 94.7. The van der Waals surface area contributed by atoms with Gasteiger partial charge in [0.2, 0.25) is 0 Å². The molecule has 0 unspecified atom stereocenters. The van der Waals surface area contributed by atoms with Crippen molar-refractivity contribution in [3.63, 3.8) is 0 Å². The molecule has 0 spiro atoms. The van der Waals surface area contributed by atoms with Crippen molar-refractivity contribution >= 4 is 39.8 Å². The molecular weight excluding hydrogens is 115 g/mol. The Balaban J connectivity index is 0. The molecule has 1 radical (unpaired) electrons. The Hall–Kier alpha value is 0.870. The zero-order valence-electron chi connectivity index (χ0n) is 3.38. The summed E-state index contributed by atoms with van der Waals surface area (Å²) in [5.41, 5.74) is 0. The van der Waals surface area contributed by atoms with Crippen molar-refractivity contribution in [2.45, 2.75) is 0 Å². The van der Waals surface area contributed by atoms with Crippen LogP contribution in [0.4, 0.5) is 0 Å².